The van der Waals surface area contributed by atoms with Gasteiger partial charge in [0.05, 0.1) is 27.6 Å². The molecule has 8 rings (SSSR count). The van der Waals surface area contributed by atoms with Crippen molar-refractivity contribution in [1.29, 1.82) is 0 Å². The third-order valence-corrected chi connectivity index (χ3v) is 9.89. The van der Waals surface area contributed by atoms with Crippen molar-refractivity contribution in [3.8, 4) is 11.8 Å². The Bertz CT molecular complexity index is 3420. The third kappa shape index (κ3) is 5.02. The van der Waals surface area contributed by atoms with Crippen LogP contribution in [-0.2, 0) is 0 Å². The van der Waals surface area contributed by atoms with Crippen molar-refractivity contribution in [3.63, 3.8) is 0 Å². The summed E-state index contributed by atoms with van der Waals surface area (Å²) in [5.74, 6) is -70.0. The van der Waals surface area contributed by atoms with E-state index in [0.717, 1.165) is 11.8 Å². The van der Waals surface area contributed by atoms with E-state index >= 15 is 61.5 Å². The van der Waals surface area contributed by atoms with Gasteiger partial charge < -0.3 is 0 Å². The normalized spacial score (nSPS) is 13.1. The van der Waals surface area contributed by atoms with Crippen molar-refractivity contribution in [1.82, 2.24) is 0 Å². The Morgan fingerprint density at radius 1 is 0.226 bits per heavy atom. The van der Waals surface area contributed by atoms with E-state index in [1.807, 2.05) is 0 Å². The molecule has 7 aromatic carbocycles. The first-order chi connectivity index (χ1) is 28.9. The zero-order valence-electron chi connectivity index (χ0n) is 28.3. The number of hydrogen-bond donors (Lipinski definition) is 0. The molecule has 7 aromatic rings. The van der Waals surface area contributed by atoms with Gasteiger partial charge in [-0.3, -0.25) is 0 Å². The van der Waals surface area contributed by atoms with E-state index in [4.69, 9.17) is 0 Å². The molecule has 62 heavy (non-hydrogen) atoms. The second kappa shape index (κ2) is 13.6. The standard InChI is InChI=1S/C39HF23/c40-17-4(18(41)33(56)39(62)32(17)55)2-1-3(5-7-11-16(31(54)38(61)37(60)23(11)46)27(50)26(49)14(7)29(52)35(58)20(5)43)6-9-12(24(47)34(57)21(6)44)10-8-13(19(9)42)28(51)36(59)30(53)15(8)25(48)22(10)45/h3H. The maximum absolute atomic E-state index is 16.8. The van der Waals surface area contributed by atoms with Crippen LogP contribution in [0.1, 0.15) is 33.7 Å². The number of hydrogen-bond acceptors (Lipinski definition) is 0. The molecule has 318 valence electrons. The Labute approximate surface area is 323 Å². The average Bonchev–Trinajstić information content (AvgIpc) is 3.49. The number of rotatable bonds is 2. The maximum atomic E-state index is 16.8. The van der Waals surface area contributed by atoms with Crippen LogP contribution >= 0.6 is 0 Å². The molecule has 0 amide bonds. The lowest BCUT2D eigenvalue weighted by molar-refractivity contribution is 0.376. The zero-order chi connectivity index (χ0) is 45.8. The van der Waals surface area contributed by atoms with E-state index in [1.165, 1.54) is 0 Å². The minimum Gasteiger partial charge on any atom is -0.206 e. The van der Waals surface area contributed by atoms with Crippen LogP contribution in [0.2, 0.25) is 0 Å². The van der Waals surface area contributed by atoms with E-state index < -0.39 is 211 Å². The highest BCUT2D eigenvalue weighted by Gasteiger charge is 2.42. The van der Waals surface area contributed by atoms with Gasteiger partial charge >= 0.3 is 0 Å². The first-order valence-electron chi connectivity index (χ1n) is 16.0. The Kier molecular flexibility index (Phi) is 9.23. The highest BCUT2D eigenvalue weighted by molar-refractivity contribution is 6.20. The molecule has 0 nitrogen and oxygen atoms in total. The first kappa shape index (κ1) is 42.0. The van der Waals surface area contributed by atoms with Crippen molar-refractivity contribution in [2.24, 2.45) is 0 Å². The molecule has 0 saturated carbocycles. The Morgan fingerprint density at radius 2 is 0.548 bits per heavy atom. The van der Waals surface area contributed by atoms with Crippen molar-refractivity contribution in [2.45, 2.75) is 5.92 Å². The Morgan fingerprint density at radius 3 is 1.05 bits per heavy atom. The molecule has 0 saturated heterocycles. The van der Waals surface area contributed by atoms with Gasteiger partial charge in [0, 0.05) is 43.6 Å². The Balaban J connectivity index is 1.73. The summed E-state index contributed by atoms with van der Waals surface area (Å²) in [6, 6.07) is 0. The van der Waals surface area contributed by atoms with Gasteiger partial charge in [-0.15, -0.1) is 0 Å². The molecule has 0 N–H and O–H groups in total. The molecule has 0 fully saturated rings. The summed E-state index contributed by atoms with van der Waals surface area (Å²) in [4.78, 5) is 0. The van der Waals surface area contributed by atoms with E-state index in [0.29, 0.717) is 0 Å². The molecular formula is C39HF23. The number of halogens is 23. The van der Waals surface area contributed by atoms with Crippen LogP contribution in [0.5, 0.6) is 0 Å². The van der Waals surface area contributed by atoms with E-state index in [9.17, 15) is 39.5 Å². The van der Waals surface area contributed by atoms with Crippen LogP contribution in [0.4, 0.5) is 101 Å². The molecule has 0 radical (unpaired) electrons. The van der Waals surface area contributed by atoms with Crippen molar-refractivity contribution >= 4 is 54.7 Å². The van der Waals surface area contributed by atoms with Gasteiger partial charge in [0.2, 0.25) is 5.82 Å². The molecule has 0 spiro atoms. The van der Waals surface area contributed by atoms with Gasteiger partial charge in [-0.1, -0.05) is 11.8 Å². The smallest absolute Gasteiger partial charge is 0.200 e. The molecule has 0 bridgehead atoms. The summed E-state index contributed by atoms with van der Waals surface area (Å²) < 4.78 is 351. The van der Waals surface area contributed by atoms with Gasteiger partial charge in [0.25, 0.3) is 0 Å². The molecule has 1 unspecified atom stereocenters. The van der Waals surface area contributed by atoms with Gasteiger partial charge in [0.1, 0.15) is 11.4 Å². The SMILES string of the molecule is FC1=C(F)c2c3c(F)c(F)c(F)c(C(C#Cc4c(F)c(F)c(F)c(F)c4F)c4c(F)c(F)c(F)c5c(F)c(F)c6c(F)c(F)c(F)c(F)c6c45)c3c(F)c3c(F)c(F)c(F)c1c23. The maximum Gasteiger partial charge on any atom is 0.200 e. The van der Waals surface area contributed by atoms with Crippen LogP contribution < -0.4 is 0 Å². The van der Waals surface area contributed by atoms with E-state index in [-0.39, 0.29) is 0 Å². The minimum atomic E-state index is -3.98. The zero-order valence-corrected chi connectivity index (χ0v) is 28.3. The predicted molar refractivity (Wildman–Crippen MR) is 166 cm³/mol. The number of benzene rings is 7. The molecule has 1 atom stereocenters. The molecule has 1 aliphatic carbocycles. The Hall–Kier alpha value is -6.73. The van der Waals surface area contributed by atoms with E-state index in [1.54, 1.807) is 0 Å². The highest BCUT2D eigenvalue weighted by atomic mass is 19.2. The fourth-order valence-electron chi connectivity index (χ4n) is 7.28. The van der Waals surface area contributed by atoms with Crippen molar-refractivity contribution in [3.05, 3.63) is 150 Å². The lowest BCUT2D eigenvalue weighted by Gasteiger charge is -2.23. The van der Waals surface area contributed by atoms with Crippen molar-refractivity contribution in [2.75, 3.05) is 0 Å². The van der Waals surface area contributed by atoms with Crippen LogP contribution in [0.25, 0.3) is 54.7 Å². The fourth-order valence-corrected chi connectivity index (χ4v) is 7.28. The largest absolute Gasteiger partial charge is 0.206 e. The lowest BCUT2D eigenvalue weighted by atomic mass is 9.81. The third-order valence-electron chi connectivity index (χ3n) is 9.89. The highest BCUT2D eigenvalue weighted by Crippen LogP contribution is 2.54. The first-order valence-corrected chi connectivity index (χ1v) is 16.0. The summed E-state index contributed by atoms with van der Waals surface area (Å²) in [6.07, 6.45) is 0. The second-order valence-electron chi connectivity index (χ2n) is 12.9. The van der Waals surface area contributed by atoms with Crippen LogP contribution in [0.15, 0.2) is 0 Å². The summed E-state index contributed by atoms with van der Waals surface area (Å²) in [5.41, 5.74) is -11.7. The van der Waals surface area contributed by atoms with Crippen molar-refractivity contribution < 1.29 is 101 Å². The number of fused-ring (bicyclic) bond motifs is 5. The lowest BCUT2D eigenvalue weighted by Crippen LogP contribution is -2.15. The summed E-state index contributed by atoms with van der Waals surface area (Å²) in [7, 11) is 0. The monoisotopic (exact) mass is 906 g/mol. The molecule has 0 heterocycles. The molecule has 0 aliphatic heterocycles. The van der Waals surface area contributed by atoms with Gasteiger partial charge in [-0.25, -0.2) is 101 Å². The van der Waals surface area contributed by atoms with Crippen LogP contribution in [0.3, 0.4) is 0 Å². The second-order valence-corrected chi connectivity index (χ2v) is 12.9. The predicted octanol–water partition coefficient (Wildman–Crippen LogP) is 13.5. The average molecular weight is 906 g/mol. The van der Waals surface area contributed by atoms with Crippen LogP contribution in [-0.4, -0.2) is 0 Å². The van der Waals surface area contributed by atoms with Gasteiger partial charge in [0.15, 0.2) is 122 Å². The molecule has 1 aliphatic rings. The summed E-state index contributed by atoms with van der Waals surface area (Å²) >= 11 is 0. The fraction of sp³-hybridized carbons (Fsp3) is 0.0256. The molecular weight excluding hydrogens is 905 g/mol. The van der Waals surface area contributed by atoms with Gasteiger partial charge in [-0.2, -0.15) is 0 Å². The molecule has 0 aromatic heterocycles. The molecule has 23 heteroatoms. The van der Waals surface area contributed by atoms with Gasteiger partial charge in [-0.05, 0) is 0 Å². The van der Waals surface area contributed by atoms with E-state index in [2.05, 4.69) is 0 Å². The summed E-state index contributed by atoms with van der Waals surface area (Å²) in [5, 5.41) is -18.8. The minimum absolute atomic E-state index is 0.967. The summed E-state index contributed by atoms with van der Waals surface area (Å²) in [6.45, 7) is 0. The van der Waals surface area contributed by atoms with Crippen LogP contribution in [0, 0.1) is 134 Å². The quantitative estimate of drug-likeness (QED) is 0.0405. The topological polar surface area (TPSA) is 0 Å².